The molecule has 3 nitrogen and oxygen atoms in total. The molecule has 2 N–H and O–H groups in total. The molecule has 0 aliphatic rings. The molecule has 0 saturated heterocycles. The molecule has 90 valence electrons. The van der Waals surface area contributed by atoms with Crippen molar-refractivity contribution in [3.05, 3.63) is 47.8 Å². The van der Waals surface area contributed by atoms with E-state index in [2.05, 4.69) is 25.9 Å². The van der Waals surface area contributed by atoms with Gasteiger partial charge in [-0.1, -0.05) is 39.0 Å². The summed E-state index contributed by atoms with van der Waals surface area (Å²) < 4.78 is 1.93. The zero-order chi connectivity index (χ0) is 12.5. The van der Waals surface area contributed by atoms with Gasteiger partial charge in [0, 0.05) is 12.1 Å². The number of hydrogen-bond donors (Lipinski definition) is 1. The zero-order valence-electron chi connectivity index (χ0n) is 10.6. The molecule has 0 fully saturated rings. The van der Waals surface area contributed by atoms with Crippen LogP contribution < -0.4 is 5.73 Å². The zero-order valence-corrected chi connectivity index (χ0v) is 10.6. The molecule has 0 unspecified atom stereocenters. The lowest BCUT2D eigenvalue weighted by atomic mass is 9.87. The third-order valence-corrected chi connectivity index (χ3v) is 2.87. The van der Waals surface area contributed by atoms with E-state index in [0.29, 0.717) is 6.54 Å². The minimum atomic E-state index is 0.0712. The second-order valence-electron chi connectivity index (χ2n) is 5.21. The van der Waals surface area contributed by atoms with Crippen LogP contribution in [0, 0.1) is 0 Å². The Labute approximate surface area is 102 Å². The van der Waals surface area contributed by atoms with Gasteiger partial charge in [0.1, 0.15) is 0 Å². The van der Waals surface area contributed by atoms with Gasteiger partial charge in [0.2, 0.25) is 0 Å². The lowest BCUT2D eigenvalue weighted by Gasteiger charge is -2.19. The van der Waals surface area contributed by atoms with Crippen molar-refractivity contribution in [3.8, 4) is 5.69 Å². The van der Waals surface area contributed by atoms with Gasteiger partial charge >= 0.3 is 0 Å². The van der Waals surface area contributed by atoms with Crippen LogP contribution in [0.2, 0.25) is 0 Å². The molecule has 0 saturated carbocycles. The smallest absolute Gasteiger partial charge is 0.0649 e. The maximum Gasteiger partial charge on any atom is 0.0649 e. The highest BCUT2D eigenvalue weighted by Crippen LogP contribution is 2.26. The molecule has 0 amide bonds. The molecule has 0 atom stereocenters. The second kappa shape index (κ2) is 4.34. The molecule has 1 aromatic carbocycles. The minimum Gasteiger partial charge on any atom is -0.325 e. The van der Waals surface area contributed by atoms with E-state index in [1.165, 1.54) is 5.56 Å². The molecule has 0 bridgehead atoms. The monoisotopic (exact) mass is 229 g/mol. The predicted molar refractivity (Wildman–Crippen MR) is 70.2 cm³/mol. The van der Waals surface area contributed by atoms with Gasteiger partial charge in [-0.15, -0.1) is 0 Å². The molecule has 0 spiro atoms. The molecular weight excluding hydrogens is 210 g/mol. The van der Waals surface area contributed by atoms with Gasteiger partial charge in [0.15, 0.2) is 0 Å². The molecule has 2 rings (SSSR count). The quantitative estimate of drug-likeness (QED) is 0.860. The Kier molecular flexibility index (Phi) is 3.03. The van der Waals surface area contributed by atoms with Crippen molar-refractivity contribution in [1.82, 2.24) is 9.78 Å². The molecule has 0 radical (unpaired) electrons. The van der Waals surface area contributed by atoms with Gasteiger partial charge in [0.25, 0.3) is 0 Å². The van der Waals surface area contributed by atoms with Crippen LogP contribution in [-0.4, -0.2) is 9.78 Å². The fraction of sp³-hybridized carbons (Fsp3) is 0.357. The van der Waals surface area contributed by atoms with Crippen LogP contribution in [0.3, 0.4) is 0 Å². The van der Waals surface area contributed by atoms with Crippen molar-refractivity contribution in [1.29, 1.82) is 0 Å². The SMILES string of the molecule is CC(C)(C)c1cnn(-c2ccccc2)c1CN. The molecule has 1 heterocycles. The van der Waals surface area contributed by atoms with E-state index in [9.17, 15) is 0 Å². The van der Waals surface area contributed by atoms with Gasteiger partial charge in [-0.2, -0.15) is 5.10 Å². The molecular formula is C14H19N3. The van der Waals surface area contributed by atoms with Gasteiger partial charge < -0.3 is 5.73 Å². The number of hydrogen-bond acceptors (Lipinski definition) is 2. The first-order valence-electron chi connectivity index (χ1n) is 5.87. The van der Waals surface area contributed by atoms with Gasteiger partial charge in [0.05, 0.1) is 17.6 Å². The van der Waals surface area contributed by atoms with E-state index < -0.39 is 0 Å². The summed E-state index contributed by atoms with van der Waals surface area (Å²) in [4.78, 5) is 0. The van der Waals surface area contributed by atoms with Crippen molar-refractivity contribution in [3.63, 3.8) is 0 Å². The Morgan fingerprint density at radius 1 is 1.18 bits per heavy atom. The first kappa shape index (κ1) is 11.9. The Morgan fingerprint density at radius 2 is 1.82 bits per heavy atom. The van der Waals surface area contributed by atoms with Crippen LogP contribution in [0.5, 0.6) is 0 Å². The number of aromatic nitrogens is 2. The Morgan fingerprint density at radius 3 is 2.35 bits per heavy atom. The summed E-state index contributed by atoms with van der Waals surface area (Å²) >= 11 is 0. The topological polar surface area (TPSA) is 43.8 Å². The first-order valence-corrected chi connectivity index (χ1v) is 5.87. The molecule has 0 aliphatic carbocycles. The summed E-state index contributed by atoms with van der Waals surface area (Å²) in [7, 11) is 0. The van der Waals surface area contributed by atoms with Crippen molar-refractivity contribution < 1.29 is 0 Å². The fourth-order valence-corrected chi connectivity index (χ4v) is 1.99. The van der Waals surface area contributed by atoms with Crippen LogP contribution in [0.15, 0.2) is 36.5 Å². The van der Waals surface area contributed by atoms with E-state index in [4.69, 9.17) is 5.73 Å². The van der Waals surface area contributed by atoms with E-state index in [-0.39, 0.29) is 5.41 Å². The second-order valence-corrected chi connectivity index (χ2v) is 5.21. The highest BCUT2D eigenvalue weighted by atomic mass is 15.3. The van der Waals surface area contributed by atoms with Crippen molar-refractivity contribution in [2.45, 2.75) is 32.7 Å². The van der Waals surface area contributed by atoms with Crippen LogP contribution in [0.1, 0.15) is 32.0 Å². The van der Waals surface area contributed by atoms with Crippen LogP contribution in [0.4, 0.5) is 0 Å². The standard InChI is InChI=1S/C14H19N3/c1-14(2,3)12-10-16-17(13(12)9-15)11-7-5-4-6-8-11/h4-8,10H,9,15H2,1-3H3. The summed E-state index contributed by atoms with van der Waals surface area (Å²) in [6, 6.07) is 10.1. The van der Waals surface area contributed by atoms with E-state index in [0.717, 1.165) is 11.4 Å². The lowest BCUT2D eigenvalue weighted by molar-refractivity contribution is 0.580. The average molecular weight is 229 g/mol. The van der Waals surface area contributed by atoms with Crippen molar-refractivity contribution >= 4 is 0 Å². The van der Waals surface area contributed by atoms with Gasteiger partial charge in [-0.3, -0.25) is 0 Å². The maximum atomic E-state index is 5.87. The van der Waals surface area contributed by atoms with Crippen LogP contribution in [-0.2, 0) is 12.0 Å². The largest absolute Gasteiger partial charge is 0.325 e. The number of nitrogens with two attached hydrogens (primary N) is 1. The number of benzene rings is 1. The summed E-state index contributed by atoms with van der Waals surface area (Å²) in [5.74, 6) is 0. The molecule has 0 aliphatic heterocycles. The number of para-hydroxylation sites is 1. The lowest BCUT2D eigenvalue weighted by Crippen LogP contribution is -2.16. The molecule has 17 heavy (non-hydrogen) atoms. The van der Waals surface area contributed by atoms with E-state index in [1.807, 2.05) is 41.2 Å². The van der Waals surface area contributed by atoms with Crippen molar-refractivity contribution in [2.24, 2.45) is 5.73 Å². The third-order valence-electron chi connectivity index (χ3n) is 2.87. The normalized spacial score (nSPS) is 11.8. The summed E-state index contributed by atoms with van der Waals surface area (Å²) in [5, 5.41) is 4.46. The van der Waals surface area contributed by atoms with E-state index >= 15 is 0 Å². The Hall–Kier alpha value is -1.61. The van der Waals surface area contributed by atoms with E-state index in [1.54, 1.807) is 0 Å². The highest BCUT2D eigenvalue weighted by molar-refractivity contribution is 5.37. The maximum absolute atomic E-state index is 5.87. The van der Waals surface area contributed by atoms with Gasteiger partial charge in [-0.25, -0.2) is 4.68 Å². The Bertz CT molecular complexity index is 492. The molecule has 1 aromatic heterocycles. The first-order chi connectivity index (χ1) is 8.04. The third kappa shape index (κ3) is 2.24. The minimum absolute atomic E-state index is 0.0712. The molecule has 2 aromatic rings. The summed E-state index contributed by atoms with van der Waals surface area (Å²) in [5.41, 5.74) is 9.30. The number of nitrogens with zero attached hydrogens (tertiary/aromatic N) is 2. The van der Waals surface area contributed by atoms with Gasteiger partial charge in [-0.05, 0) is 17.5 Å². The highest BCUT2D eigenvalue weighted by Gasteiger charge is 2.21. The Balaban J connectivity index is 2.54. The molecule has 3 heteroatoms. The van der Waals surface area contributed by atoms with Crippen LogP contribution in [0.25, 0.3) is 5.69 Å². The average Bonchev–Trinajstić information content (AvgIpc) is 2.73. The fourth-order valence-electron chi connectivity index (χ4n) is 1.99. The predicted octanol–water partition coefficient (Wildman–Crippen LogP) is 2.63. The van der Waals surface area contributed by atoms with Crippen LogP contribution >= 0.6 is 0 Å². The summed E-state index contributed by atoms with van der Waals surface area (Å²) in [6.07, 6.45) is 1.93. The number of rotatable bonds is 2. The summed E-state index contributed by atoms with van der Waals surface area (Å²) in [6.45, 7) is 7.04. The van der Waals surface area contributed by atoms with Crippen molar-refractivity contribution in [2.75, 3.05) is 0 Å².